The summed E-state index contributed by atoms with van der Waals surface area (Å²) in [5.74, 6) is 0.329. The van der Waals surface area contributed by atoms with Crippen LogP contribution in [0, 0.1) is 0 Å². The minimum absolute atomic E-state index is 0.0173. The van der Waals surface area contributed by atoms with Gasteiger partial charge in [-0.3, -0.25) is 4.79 Å². The number of rotatable bonds is 6. The highest BCUT2D eigenvalue weighted by Crippen LogP contribution is 2.18. The van der Waals surface area contributed by atoms with Gasteiger partial charge in [0.15, 0.2) is 5.16 Å². The number of hydrogen-bond donors (Lipinski definition) is 1. The number of hydrogen-bond acceptors (Lipinski definition) is 4. The molecule has 0 aliphatic heterocycles. The predicted octanol–water partition coefficient (Wildman–Crippen LogP) is 1.64. The molecule has 6 heteroatoms. The van der Waals surface area contributed by atoms with Crippen LogP contribution in [0.3, 0.4) is 0 Å². The quantitative estimate of drug-likeness (QED) is 0.619. The summed E-state index contributed by atoms with van der Waals surface area (Å²) in [6.45, 7) is 10.2. The van der Waals surface area contributed by atoms with E-state index >= 15 is 0 Å². The maximum absolute atomic E-state index is 11.5. The Morgan fingerprint density at radius 2 is 2.35 bits per heavy atom. The standard InChI is InChI=1S/C11H18N4OS/c1-8(2)5-12-10(16)6-17-11-14-13-7-15(11)9(3)4/h7,9H,1,5-6H2,2-4H3,(H,12,16). The van der Waals surface area contributed by atoms with Crippen molar-refractivity contribution in [1.29, 1.82) is 0 Å². The van der Waals surface area contributed by atoms with Crippen molar-refractivity contribution in [1.82, 2.24) is 20.1 Å². The molecule has 0 unspecified atom stereocenters. The molecule has 0 saturated carbocycles. The fourth-order valence-corrected chi connectivity index (χ4v) is 1.99. The summed E-state index contributed by atoms with van der Waals surface area (Å²) < 4.78 is 1.94. The molecule has 1 N–H and O–H groups in total. The molecular weight excluding hydrogens is 236 g/mol. The molecule has 0 bridgehead atoms. The van der Waals surface area contributed by atoms with Crippen molar-refractivity contribution < 1.29 is 4.79 Å². The van der Waals surface area contributed by atoms with E-state index in [0.717, 1.165) is 10.7 Å². The third kappa shape index (κ3) is 4.60. The molecule has 1 heterocycles. The molecule has 94 valence electrons. The van der Waals surface area contributed by atoms with E-state index in [1.807, 2.05) is 11.5 Å². The first kappa shape index (κ1) is 13.8. The Balaban J connectivity index is 2.42. The predicted molar refractivity (Wildman–Crippen MR) is 69.0 cm³/mol. The van der Waals surface area contributed by atoms with E-state index in [2.05, 4.69) is 35.9 Å². The van der Waals surface area contributed by atoms with Gasteiger partial charge in [0.25, 0.3) is 0 Å². The Morgan fingerprint density at radius 1 is 1.65 bits per heavy atom. The number of thioether (sulfide) groups is 1. The van der Waals surface area contributed by atoms with Gasteiger partial charge in [0.05, 0.1) is 5.75 Å². The molecule has 0 atom stereocenters. The Morgan fingerprint density at radius 3 is 2.94 bits per heavy atom. The van der Waals surface area contributed by atoms with Gasteiger partial charge in [-0.15, -0.1) is 10.2 Å². The number of nitrogens with zero attached hydrogens (tertiary/aromatic N) is 3. The number of carbonyl (C=O) groups is 1. The van der Waals surface area contributed by atoms with Crippen LogP contribution in [0.15, 0.2) is 23.6 Å². The number of aromatic nitrogens is 3. The van der Waals surface area contributed by atoms with Crippen LogP contribution in [0.5, 0.6) is 0 Å². The summed E-state index contributed by atoms with van der Waals surface area (Å²) in [5, 5.41) is 11.4. The van der Waals surface area contributed by atoms with Crippen molar-refractivity contribution in [2.24, 2.45) is 0 Å². The van der Waals surface area contributed by atoms with Crippen LogP contribution in [0.4, 0.5) is 0 Å². The van der Waals surface area contributed by atoms with Gasteiger partial charge in [0.2, 0.25) is 5.91 Å². The highest BCUT2D eigenvalue weighted by Gasteiger charge is 2.10. The van der Waals surface area contributed by atoms with Crippen LogP contribution in [0.25, 0.3) is 0 Å². The maximum Gasteiger partial charge on any atom is 0.230 e. The molecule has 0 radical (unpaired) electrons. The lowest BCUT2D eigenvalue weighted by Crippen LogP contribution is -2.26. The van der Waals surface area contributed by atoms with Gasteiger partial charge in [-0.1, -0.05) is 23.9 Å². The molecule has 0 aliphatic carbocycles. The van der Waals surface area contributed by atoms with Gasteiger partial charge in [-0.05, 0) is 20.8 Å². The molecule has 1 amide bonds. The molecule has 1 aromatic heterocycles. The van der Waals surface area contributed by atoms with Crippen molar-refractivity contribution in [2.45, 2.75) is 32.0 Å². The molecule has 0 aliphatic rings. The SMILES string of the molecule is C=C(C)CNC(=O)CSc1nncn1C(C)C. The van der Waals surface area contributed by atoms with Crippen LogP contribution >= 0.6 is 11.8 Å². The average molecular weight is 254 g/mol. The highest BCUT2D eigenvalue weighted by molar-refractivity contribution is 7.99. The zero-order valence-corrected chi connectivity index (χ0v) is 11.3. The van der Waals surface area contributed by atoms with E-state index in [9.17, 15) is 4.79 Å². The van der Waals surface area contributed by atoms with Crippen molar-refractivity contribution in [3.63, 3.8) is 0 Å². The van der Waals surface area contributed by atoms with Crippen molar-refractivity contribution >= 4 is 17.7 Å². The molecule has 0 aromatic carbocycles. The first-order valence-electron chi connectivity index (χ1n) is 5.44. The zero-order valence-electron chi connectivity index (χ0n) is 10.4. The number of amides is 1. The summed E-state index contributed by atoms with van der Waals surface area (Å²) in [5.41, 5.74) is 0.939. The molecule has 0 fully saturated rings. The van der Waals surface area contributed by atoms with Gasteiger partial charge in [-0.2, -0.15) is 0 Å². The molecular formula is C11H18N4OS. The van der Waals surface area contributed by atoms with E-state index in [0.29, 0.717) is 18.3 Å². The Labute approximate surface area is 106 Å². The summed E-state index contributed by atoms with van der Waals surface area (Å²) in [6, 6.07) is 0.297. The summed E-state index contributed by atoms with van der Waals surface area (Å²) in [6.07, 6.45) is 1.68. The Hall–Kier alpha value is -1.30. The van der Waals surface area contributed by atoms with Gasteiger partial charge < -0.3 is 9.88 Å². The smallest absolute Gasteiger partial charge is 0.230 e. The first-order chi connectivity index (χ1) is 8.00. The minimum Gasteiger partial charge on any atom is -0.352 e. The summed E-state index contributed by atoms with van der Waals surface area (Å²) in [4.78, 5) is 11.5. The molecule has 0 saturated heterocycles. The molecule has 17 heavy (non-hydrogen) atoms. The second kappa shape index (κ2) is 6.44. The highest BCUT2D eigenvalue weighted by atomic mass is 32.2. The third-order valence-electron chi connectivity index (χ3n) is 2.02. The van der Waals surface area contributed by atoms with Gasteiger partial charge in [-0.25, -0.2) is 0 Å². The summed E-state index contributed by atoms with van der Waals surface area (Å²) in [7, 11) is 0. The van der Waals surface area contributed by atoms with Gasteiger partial charge >= 0.3 is 0 Å². The van der Waals surface area contributed by atoms with E-state index in [1.54, 1.807) is 6.33 Å². The second-order valence-electron chi connectivity index (χ2n) is 4.14. The monoisotopic (exact) mass is 254 g/mol. The van der Waals surface area contributed by atoms with Gasteiger partial charge in [0, 0.05) is 12.6 Å². The van der Waals surface area contributed by atoms with Crippen molar-refractivity contribution in [3.05, 3.63) is 18.5 Å². The zero-order chi connectivity index (χ0) is 12.8. The topological polar surface area (TPSA) is 59.8 Å². The van der Waals surface area contributed by atoms with Crippen LogP contribution in [-0.2, 0) is 4.79 Å². The Bertz CT molecular complexity index is 400. The minimum atomic E-state index is -0.0173. The molecule has 1 rings (SSSR count). The van der Waals surface area contributed by atoms with E-state index in [4.69, 9.17) is 0 Å². The Kier molecular flexibility index (Phi) is 5.21. The molecule has 1 aromatic rings. The van der Waals surface area contributed by atoms with Crippen molar-refractivity contribution in [3.8, 4) is 0 Å². The fourth-order valence-electron chi connectivity index (χ4n) is 1.12. The number of nitrogens with one attached hydrogen (secondary N) is 1. The lowest BCUT2D eigenvalue weighted by molar-refractivity contribution is -0.118. The third-order valence-corrected chi connectivity index (χ3v) is 2.97. The normalized spacial score (nSPS) is 10.6. The first-order valence-corrected chi connectivity index (χ1v) is 6.42. The van der Waals surface area contributed by atoms with E-state index in [-0.39, 0.29) is 5.91 Å². The van der Waals surface area contributed by atoms with Gasteiger partial charge in [0.1, 0.15) is 6.33 Å². The average Bonchev–Trinajstić information content (AvgIpc) is 2.71. The maximum atomic E-state index is 11.5. The van der Waals surface area contributed by atoms with Crippen LogP contribution < -0.4 is 5.32 Å². The summed E-state index contributed by atoms with van der Waals surface area (Å²) >= 11 is 1.39. The van der Waals surface area contributed by atoms with Crippen LogP contribution in [-0.4, -0.2) is 33.0 Å². The lowest BCUT2D eigenvalue weighted by Gasteiger charge is -2.09. The second-order valence-corrected chi connectivity index (χ2v) is 5.08. The lowest BCUT2D eigenvalue weighted by atomic mass is 10.3. The van der Waals surface area contributed by atoms with Crippen molar-refractivity contribution in [2.75, 3.05) is 12.3 Å². The van der Waals surface area contributed by atoms with Crippen LogP contribution in [0.1, 0.15) is 26.8 Å². The van der Waals surface area contributed by atoms with Crippen LogP contribution in [0.2, 0.25) is 0 Å². The van der Waals surface area contributed by atoms with E-state index in [1.165, 1.54) is 11.8 Å². The molecule has 5 nitrogen and oxygen atoms in total. The fraction of sp³-hybridized carbons (Fsp3) is 0.545. The molecule has 0 spiro atoms. The largest absolute Gasteiger partial charge is 0.352 e. The van der Waals surface area contributed by atoms with E-state index < -0.39 is 0 Å². The number of carbonyl (C=O) groups excluding carboxylic acids is 1.